The van der Waals surface area contributed by atoms with E-state index < -0.39 is 0 Å². The Kier molecular flexibility index (Phi) is 1.49. The first-order chi connectivity index (χ1) is 6.86. The van der Waals surface area contributed by atoms with Gasteiger partial charge in [0.2, 0.25) is 0 Å². The van der Waals surface area contributed by atoms with Crippen molar-refractivity contribution in [3.05, 3.63) is 22.7 Å². The number of hydrogen-bond donors (Lipinski definition) is 1. The number of nitrogens with zero attached hydrogens (tertiary/aromatic N) is 2. The second-order valence-corrected chi connectivity index (χ2v) is 4.32. The van der Waals surface area contributed by atoms with E-state index in [1.165, 1.54) is 22.6 Å². The molecule has 0 bridgehead atoms. The van der Waals surface area contributed by atoms with Crippen LogP contribution in [0.25, 0.3) is 10.2 Å². The minimum Gasteiger partial charge on any atom is -0.384 e. The molecule has 1 N–H and O–H groups in total. The van der Waals surface area contributed by atoms with Crippen LogP contribution in [0, 0.1) is 11.3 Å². The second-order valence-electron chi connectivity index (χ2n) is 3.28. The van der Waals surface area contributed by atoms with Gasteiger partial charge < -0.3 is 5.32 Å². The predicted octanol–water partition coefficient (Wildman–Crippen LogP) is 2.14. The molecule has 0 atom stereocenters. The first-order valence-electron chi connectivity index (χ1n) is 4.44. The average molecular weight is 201 g/mol. The van der Waals surface area contributed by atoms with Crippen molar-refractivity contribution in [2.75, 3.05) is 11.9 Å². The van der Waals surface area contributed by atoms with Gasteiger partial charge in [0.15, 0.2) is 5.01 Å². The molecule has 2 aromatic rings. The highest BCUT2D eigenvalue weighted by atomic mass is 32.1. The number of rotatable bonds is 0. The molecular formula is C10H7N3S. The first kappa shape index (κ1) is 7.77. The van der Waals surface area contributed by atoms with E-state index in [0.29, 0.717) is 5.01 Å². The van der Waals surface area contributed by atoms with Crippen molar-refractivity contribution < 1.29 is 0 Å². The highest BCUT2D eigenvalue weighted by Gasteiger charge is 2.13. The van der Waals surface area contributed by atoms with Crippen LogP contribution < -0.4 is 5.32 Å². The van der Waals surface area contributed by atoms with Crippen molar-refractivity contribution >= 4 is 27.2 Å². The largest absolute Gasteiger partial charge is 0.384 e. The van der Waals surface area contributed by atoms with E-state index in [0.717, 1.165) is 23.2 Å². The number of fused-ring (bicyclic) bond motifs is 2. The zero-order valence-electron chi connectivity index (χ0n) is 7.37. The third-order valence-electron chi connectivity index (χ3n) is 2.42. The lowest BCUT2D eigenvalue weighted by Crippen LogP contribution is -1.90. The van der Waals surface area contributed by atoms with E-state index in [4.69, 9.17) is 5.26 Å². The van der Waals surface area contributed by atoms with Crippen LogP contribution in [0.3, 0.4) is 0 Å². The number of nitriles is 1. The van der Waals surface area contributed by atoms with Crippen LogP contribution in [0.15, 0.2) is 12.1 Å². The van der Waals surface area contributed by atoms with E-state index >= 15 is 0 Å². The van der Waals surface area contributed by atoms with Crippen LogP contribution >= 0.6 is 11.3 Å². The number of hydrogen-bond acceptors (Lipinski definition) is 4. The van der Waals surface area contributed by atoms with Gasteiger partial charge in [-0.05, 0) is 24.1 Å². The fraction of sp³-hybridized carbons (Fsp3) is 0.200. The highest BCUT2D eigenvalue weighted by molar-refractivity contribution is 7.19. The van der Waals surface area contributed by atoms with Gasteiger partial charge in [0.1, 0.15) is 6.07 Å². The Labute approximate surface area is 85.0 Å². The topological polar surface area (TPSA) is 48.7 Å². The van der Waals surface area contributed by atoms with Gasteiger partial charge in [-0.3, -0.25) is 0 Å². The lowest BCUT2D eigenvalue weighted by atomic mass is 10.1. The van der Waals surface area contributed by atoms with Gasteiger partial charge in [-0.2, -0.15) is 5.26 Å². The zero-order chi connectivity index (χ0) is 9.54. The first-order valence-corrected chi connectivity index (χ1v) is 5.26. The molecule has 3 nitrogen and oxygen atoms in total. The van der Waals surface area contributed by atoms with Crippen molar-refractivity contribution in [3.63, 3.8) is 0 Å². The summed E-state index contributed by atoms with van der Waals surface area (Å²) in [5, 5.41) is 12.6. The van der Waals surface area contributed by atoms with Gasteiger partial charge in [-0.25, -0.2) is 4.98 Å². The summed E-state index contributed by atoms with van der Waals surface area (Å²) in [5.74, 6) is 0. The van der Waals surface area contributed by atoms with Gasteiger partial charge in [-0.1, -0.05) is 0 Å². The molecule has 1 aromatic heterocycles. The SMILES string of the molecule is N#Cc1nc2cc3c(cc2s1)NCC3. The van der Waals surface area contributed by atoms with Crippen molar-refractivity contribution in [3.8, 4) is 6.07 Å². The van der Waals surface area contributed by atoms with Gasteiger partial charge in [-0.15, -0.1) is 11.3 Å². The molecule has 1 aromatic carbocycles. The zero-order valence-corrected chi connectivity index (χ0v) is 8.19. The Morgan fingerprint density at radius 1 is 1.50 bits per heavy atom. The van der Waals surface area contributed by atoms with Crippen LogP contribution in [0.5, 0.6) is 0 Å². The molecule has 14 heavy (non-hydrogen) atoms. The number of benzene rings is 1. The summed E-state index contributed by atoms with van der Waals surface area (Å²) in [6.07, 6.45) is 1.06. The van der Waals surface area contributed by atoms with Crippen LogP contribution in [0.2, 0.25) is 0 Å². The van der Waals surface area contributed by atoms with Crippen molar-refractivity contribution in [1.82, 2.24) is 4.98 Å². The third kappa shape index (κ3) is 0.994. The summed E-state index contributed by atoms with van der Waals surface area (Å²) < 4.78 is 1.09. The molecule has 3 rings (SSSR count). The maximum Gasteiger partial charge on any atom is 0.195 e. The molecule has 0 amide bonds. The molecule has 0 fully saturated rings. The molecule has 1 aliphatic heterocycles. The van der Waals surface area contributed by atoms with E-state index in [-0.39, 0.29) is 0 Å². The summed E-state index contributed by atoms with van der Waals surface area (Å²) in [6.45, 7) is 1.01. The fourth-order valence-corrected chi connectivity index (χ4v) is 2.55. The molecular weight excluding hydrogens is 194 g/mol. The van der Waals surface area contributed by atoms with Gasteiger partial charge in [0.25, 0.3) is 0 Å². The summed E-state index contributed by atoms with van der Waals surface area (Å²) in [4.78, 5) is 4.24. The van der Waals surface area contributed by atoms with Crippen LogP contribution in [0.1, 0.15) is 10.6 Å². The Morgan fingerprint density at radius 3 is 3.29 bits per heavy atom. The number of anilines is 1. The molecule has 0 saturated heterocycles. The van der Waals surface area contributed by atoms with E-state index in [1.807, 2.05) is 0 Å². The Morgan fingerprint density at radius 2 is 2.43 bits per heavy atom. The Hall–Kier alpha value is -1.60. The van der Waals surface area contributed by atoms with Crippen LogP contribution in [0.4, 0.5) is 5.69 Å². The summed E-state index contributed by atoms with van der Waals surface area (Å²) in [6, 6.07) is 6.26. The monoisotopic (exact) mass is 201 g/mol. The minimum atomic E-state index is 0.545. The van der Waals surface area contributed by atoms with Crippen molar-refractivity contribution in [2.45, 2.75) is 6.42 Å². The highest BCUT2D eigenvalue weighted by Crippen LogP contribution is 2.30. The summed E-state index contributed by atoms with van der Waals surface area (Å²) >= 11 is 1.45. The quantitative estimate of drug-likeness (QED) is 0.710. The minimum absolute atomic E-state index is 0.545. The summed E-state index contributed by atoms with van der Waals surface area (Å²) in [7, 11) is 0. The number of nitrogens with one attached hydrogen (secondary N) is 1. The van der Waals surface area contributed by atoms with E-state index in [9.17, 15) is 0 Å². The van der Waals surface area contributed by atoms with Crippen LogP contribution in [-0.4, -0.2) is 11.5 Å². The third-order valence-corrected chi connectivity index (χ3v) is 3.34. The van der Waals surface area contributed by atoms with Gasteiger partial charge >= 0.3 is 0 Å². The lowest BCUT2D eigenvalue weighted by molar-refractivity contribution is 1.11. The van der Waals surface area contributed by atoms with Crippen molar-refractivity contribution in [2.24, 2.45) is 0 Å². The Bertz CT molecular complexity index is 509. The molecule has 1 aliphatic rings. The van der Waals surface area contributed by atoms with E-state index in [1.54, 1.807) is 0 Å². The molecule has 0 unspecified atom stereocenters. The average Bonchev–Trinajstić information content (AvgIpc) is 2.77. The normalized spacial score (nSPS) is 13.6. The molecule has 4 heteroatoms. The van der Waals surface area contributed by atoms with Gasteiger partial charge in [0, 0.05) is 12.2 Å². The fourth-order valence-electron chi connectivity index (χ4n) is 1.77. The second kappa shape index (κ2) is 2.69. The van der Waals surface area contributed by atoms with Crippen LogP contribution in [-0.2, 0) is 6.42 Å². The molecule has 0 aliphatic carbocycles. The Balaban J connectivity index is 2.31. The standard InChI is InChI=1S/C10H7N3S/c11-5-10-13-8-3-6-1-2-12-7(6)4-9(8)14-10/h3-4,12H,1-2H2. The maximum absolute atomic E-state index is 8.73. The number of thiazole rings is 1. The molecule has 0 spiro atoms. The summed E-state index contributed by atoms with van der Waals surface area (Å²) in [5.41, 5.74) is 3.46. The molecule has 68 valence electrons. The van der Waals surface area contributed by atoms with Crippen molar-refractivity contribution in [1.29, 1.82) is 5.26 Å². The molecule has 0 radical (unpaired) electrons. The molecule has 2 heterocycles. The smallest absolute Gasteiger partial charge is 0.195 e. The van der Waals surface area contributed by atoms with E-state index in [2.05, 4.69) is 28.5 Å². The van der Waals surface area contributed by atoms with Gasteiger partial charge in [0.05, 0.1) is 10.2 Å². The lowest BCUT2D eigenvalue weighted by Gasteiger charge is -1.97. The maximum atomic E-state index is 8.73. The number of aromatic nitrogens is 1. The predicted molar refractivity (Wildman–Crippen MR) is 56.5 cm³/mol. The molecule has 0 saturated carbocycles.